The van der Waals surface area contributed by atoms with Crippen LogP contribution in [0.1, 0.15) is 24.7 Å². The number of aryl methyl sites for hydroxylation is 2. The molecular weight excluding hydrogens is 188 g/mol. The van der Waals surface area contributed by atoms with Gasteiger partial charge in [-0.2, -0.15) is 10.4 Å². The predicted molar refractivity (Wildman–Crippen MR) is 59.1 cm³/mol. The van der Waals surface area contributed by atoms with Crippen molar-refractivity contribution in [1.29, 1.82) is 5.26 Å². The zero-order valence-corrected chi connectivity index (χ0v) is 9.69. The molecule has 0 saturated heterocycles. The molecule has 0 aliphatic rings. The van der Waals surface area contributed by atoms with Crippen molar-refractivity contribution < 1.29 is 0 Å². The van der Waals surface area contributed by atoms with Crippen molar-refractivity contribution in [2.75, 3.05) is 13.1 Å². The summed E-state index contributed by atoms with van der Waals surface area (Å²) in [6, 6.07) is 4.27. The molecule has 0 bridgehead atoms. The van der Waals surface area contributed by atoms with Gasteiger partial charge in [-0.1, -0.05) is 6.92 Å². The van der Waals surface area contributed by atoms with Crippen LogP contribution in [0.15, 0.2) is 6.07 Å². The van der Waals surface area contributed by atoms with Crippen molar-refractivity contribution in [1.82, 2.24) is 14.7 Å². The minimum atomic E-state index is 0.588. The Bertz CT molecular complexity index is 348. The molecule has 1 aromatic rings. The monoisotopic (exact) mass is 206 g/mol. The first-order valence-electron chi connectivity index (χ1n) is 5.26. The number of nitriles is 1. The zero-order valence-electron chi connectivity index (χ0n) is 9.69. The van der Waals surface area contributed by atoms with E-state index in [1.54, 1.807) is 0 Å². The van der Waals surface area contributed by atoms with Crippen molar-refractivity contribution in [3.05, 3.63) is 17.5 Å². The van der Waals surface area contributed by atoms with Crippen molar-refractivity contribution in [3.63, 3.8) is 0 Å². The number of hydrogen-bond acceptors (Lipinski definition) is 3. The lowest BCUT2D eigenvalue weighted by atomic mass is 10.3. The summed E-state index contributed by atoms with van der Waals surface area (Å²) in [7, 11) is 1.96. The molecule has 0 amide bonds. The van der Waals surface area contributed by atoms with Crippen LogP contribution >= 0.6 is 0 Å². The van der Waals surface area contributed by atoms with Gasteiger partial charge in [-0.25, -0.2) is 0 Å². The molecular formula is C11H18N4. The van der Waals surface area contributed by atoms with Gasteiger partial charge in [-0.05, 0) is 19.5 Å². The Labute approximate surface area is 91.1 Å². The summed E-state index contributed by atoms with van der Waals surface area (Å²) in [4.78, 5) is 2.25. The van der Waals surface area contributed by atoms with Gasteiger partial charge in [-0.15, -0.1) is 0 Å². The summed E-state index contributed by atoms with van der Waals surface area (Å²) >= 11 is 0. The molecule has 1 heterocycles. The third-order valence-electron chi connectivity index (χ3n) is 2.47. The van der Waals surface area contributed by atoms with Crippen molar-refractivity contribution in [3.8, 4) is 6.07 Å². The number of rotatable bonds is 5. The molecule has 0 unspecified atom stereocenters. The molecule has 0 spiro atoms. The molecule has 4 heteroatoms. The van der Waals surface area contributed by atoms with E-state index in [0.29, 0.717) is 6.42 Å². The van der Waals surface area contributed by atoms with Crippen LogP contribution in [0.4, 0.5) is 0 Å². The maximum Gasteiger partial charge on any atom is 0.0635 e. The molecule has 0 aromatic carbocycles. The minimum absolute atomic E-state index is 0.588. The van der Waals surface area contributed by atoms with Crippen LogP contribution < -0.4 is 0 Å². The lowest BCUT2D eigenvalue weighted by Crippen LogP contribution is -2.25. The Kier molecular flexibility index (Phi) is 4.32. The molecule has 0 radical (unpaired) electrons. The van der Waals surface area contributed by atoms with E-state index in [1.165, 1.54) is 5.69 Å². The van der Waals surface area contributed by atoms with E-state index in [9.17, 15) is 0 Å². The van der Waals surface area contributed by atoms with E-state index in [1.807, 2.05) is 18.7 Å². The third-order valence-corrected chi connectivity index (χ3v) is 2.47. The Morgan fingerprint density at radius 3 is 2.80 bits per heavy atom. The maximum absolute atomic E-state index is 8.54. The van der Waals surface area contributed by atoms with Gasteiger partial charge in [0.2, 0.25) is 0 Å². The van der Waals surface area contributed by atoms with Gasteiger partial charge in [0.15, 0.2) is 0 Å². The van der Waals surface area contributed by atoms with Crippen LogP contribution in [0.3, 0.4) is 0 Å². The van der Waals surface area contributed by atoms with Crippen LogP contribution in [0, 0.1) is 18.3 Å². The molecule has 15 heavy (non-hydrogen) atoms. The maximum atomic E-state index is 8.54. The fourth-order valence-corrected chi connectivity index (χ4v) is 1.60. The van der Waals surface area contributed by atoms with Gasteiger partial charge in [-0.3, -0.25) is 9.58 Å². The molecule has 0 aliphatic carbocycles. The number of nitrogens with zero attached hydrogens (tertiary/aromatic N) is 4. The summed E-state index contributed by atoms with van der Waals surface area (Å²) < 4.78 is 1.91. The molecule has 0 N–H and O–H groups in total. The van der Waals surface area contributed by atoms with E-state index >= 15 is 0 Å². The van der Waals surface area contributed by atoms with E-state index < -0.39 is 0 Å². The summed E-state index contributed by atoms with van der Waals surface area (Å²) in [5, 5.41) is 12.8. The highest BCUT2D eigenvalue weighted by atomic mass is 15.3. The molecule has 0 fully saturated rings. The minimum Gasteiger partial charge on any atom is -0.297 e. The topological polar surface area (TPSA) is 44.9 Å². The van der Waals surface area contributed by atoms with E-state index in [4.69, 9.17) is 5.26 Å². The summed E-state index contributed by atoms with van der Waals surface area (Å²) in [6.45, 7) is 6.77. The summed E-state index contributed by atoms with van der Waals surface area (Å²) in [5.74, 6) is 0. The SMILES string of the molecule is CCN(CCC#N)Cc1cc(C)nn1C. The number of hydrogen-bond donors (Lipinski definition) is 0. The van der Waals surface area contributed by atoms with Gasteiger partial charge in [0.25, 0.3) is 0 Å². The van der Waals surface area contributed by atoms with Gasteiger partial charge in [0, 0.05) is 26.6 Å². The highest BCUT2D eigenvalue weighted by molar-refractivity contribution is 5.08. The fourth-order valence-electron chi connectivity index (χ4n) is 1.60. The molecule has 0 aliphatic heterocycles. The molecule has 0 saturated carbocycles. The standard InChI is InChI=1S/C11H18N4/c1-4-15(7-5-6-12)9-11-8-10(2)13-14(11)3/h8H,4-5,7,9H2,1-3H3. The molecule has 1 aromatic heterocycles. The second kappa shape index (κ2) is 5.52. The summed E-state index contributed by atoms with van der Waals surface area (Å²) in [5.41, 5.74) is 2.25. The molecule has 0 atom stereocenters. The van der Waals surface area contributed by atoms with Gasteiger partial charge in [0.1, 0.15) is 0 Å². The highest BCUT2D eigenvalue weighted by Gasteiger charge is 2.07. The zero-order chi connectivity index (χ0) is 11.3. The Morgan fingerprint density at radius 2 is 2.33 bits per heavy atom. The second-order valence-electron chi connectivity index (χ2n) is 3.68. The predicted octanol–water partition coefficient (Wildman–Crippen LogP) is 1.46. The smallest absolute Gasteiger partial charge is 0.0635 e. The van der Waals surface area contributed by atoms with Gasteiger partial charge >= 0.3 is 0 Å². The van der Waals surface area contributed by atoms with Crippen molar-refractivity contribution in [2.24, 2.45) is 7.05 Å². The van der Waals surface area contributed by atoms with Gasteiger partial charge < -0.3 is 0 Å². The van der Waals surface area contributed by atoms with Crippen LogP contribution in [0.25, 0.3) is 0 Å². The first kappa shape index (κ1) is 11.7. The average Bonchev–Trinajstić information content (AvgIpc) is 2.52. The average molecular weight is 206 g/mol. The van der Waals surface area contributed by atoms with Crippen molar-refractivity contribution >= 4 is 0 Å². The Morgan fingerprint density at radius 1 is 1.60 bits per heavy atom. The Hall–Kier alpha value is -1.34. The van der Waals surface area contributed by atoms with Gasteiger partial charge in [0.05, 0.1) is 17.5 Å². The van der Waals surface area contributed by atoms with Crippen LogP contribution in [-0.4, -0.2) is 27.8 Å². The van der Waals surface area contributed by atoms with Crippen LogP contribution in [0.2, 0.25) is 0 Å². The first-order valence-corrected chi connectivity index (χ1v) is 5.26. The lowest BCUT2D eigenvalue weighted by molar-refractivity contribution is 0.279. The highest BCUT2D eigenvalue weighted by Crippen LogP contribution is 2.06. The van der Waals surface area contributed by atoms with Crippen molar-refractivity contribution in [2.45, 2.75) is 26.8 Å². The number of aromatic nitrogens is 2. The van der Waals surface area contributed by atoms with E-state index in [-0.39, 0.29) is 0 Å². The quantitative estimate of drug-likeness (QED) is 0.732. The normalized spacial score (nSPS) is 10.6. The first-order chi connectivity index (χ1) is 7.17. The van der Waals surface area contributed by atoms with E-state index in [2.05, 4.69) is 29.1 Å². The Balaban J connectivity index is 2.59. The molecule has 4 nitrogen and oxygen atoms in total. The second-order valence-corrected chi connectivity index (χ2v) is 3.68. The van der Waals surface area contributed by atoms with Crippen LogP contribution in [0.5, 0.6) is 0 Å². The molecule has 82 valence electrons. The fraction of sp³-hybridized carbons (Fsp3) is 0.636. The van der Waals surface area contributed by atoms with Crippen LogP contribution in [-0.2, 0) is 13.6 Å². The largest absolute Gasteiger partial charge is 0.297 e. The summed E-state index contributed by atoms with van der Waals surface area (Å²) in [6.07, 6.45) is 0.588. The third kappa shape index (κ3) is 3.37. The van der Waals surface area contributed by atoms with E-state index in [0.717, 1.165) is 25.3 Å². The molecule has 1 rings (SSSR count). The lowest BCUT2D eigenvalue weighted by Gasteiger charge is -2.18.